The van der Waals surface area contributed by atoms with Gasteiger partial charge in [-0.15, -0.1) is 0 Å². The van der Waals surface area contributed by atoms with Crippen LogP contribution in [0.2, 0.25) is 0 Å². The number of likely N-dealkylation sites (tertiary alicyclic amines) is 1. The first kappa shape index (κ1) is 8.48. The van der Waals surface area contributed by atoms with Crippen molar-refractivity contribution in [1.29, 1.82) is 0 Å². The number of rotatable bonds is 1. The molecule has 0 saturated carbocycles. The van der Waals surface area contributed by atoms with Gasteiger partial charge in [0, 0.05) is 19.7 Å². The molecule has 0 amide bonds. The first-order valence-corrected chi connectivity index (χ1v) is 4.77. The molecule has 2 N–H and O–H groups in total. The molecule has 2 saturated heterocycles. The molecular weight excluding hydrogens is 152 g/mol. The Labute approximate surface area is 73.9 Å². The smallest absolute Gasteiger partial charge is 0.0937 e. The van der Waals surface area contributed by atoms with Crippen molar-refractivity contribution in [1.82, 2.24) is 4.90 Å². The maximum absolute atomic E-state index is 5.81. The number of likely N-dealkylation sites (N-methyl/N-ethyl adjacent to an activating group) is 1. The van der Waals surface area contributed by atoms with E-state index in [0.717, 1.165) is 32.7 Å². The van der Waals surface area contributed by atoms with E-state index in [1.165, 1.54) is 6.42 Å². The van der Waals surface area contributed by atoms with Crippen molar-refractivity contribution in [3.63, 3.8) is 0 Å². The van der Waals surface area contributed by atoms with Gasteiger partial charge in [-0.3, -0.25) is 0 Å². The molecule has 0 aromatic rings. The van der Waals surface area contributed by atoms with E-state index in [-0.39, 0.29) is 5.60 Å². The van der Waals surface area contributed by atoms with Crippen LogP contribution in [0.5, 0.6) is 0 Å². The van der Waals surface area contributed by atoms with Crippen LogP contribution in [-0.2, 0) is 4.74 Å². The summed E-state index contributed by atoms with van der Waals surface area (Å²) in [6, 6.07) is 0. The number of hydrogen-bond donors (Lipinski definition) is 1. The standard InChI is InChI=1S/C9H18N2O/c1-11-6-9(7-11)4-8(5-10)2-3-12-9/h8H,2-7,10H2,1H3. The van der Waals surface area contributed by atoms with Crippen molar-refractivity contribution in [2.24, 2.45) is 11.7 Å². The third kappa shape index (κ3) is 1.37. The van der Waals surface area contributed by atoms with Crippen LogP contribution in [-0.4, -0.2) is 43.8 Å². The van der Waals surface area contributed by atoms with Crippen LogP contribution in [0.15, 0.2) is 0 Å². The van der Waals surface area contributed by atoms with Gasteiger partial charge in [0.25, 0.3) is 0 Å². The van der Waals surface area contributed by atoms with Crippen molar-refractivity contribution in [2.75, 3.05) is 33.3 Å². The van der Waals surface area contributed by atoms with Crippen molar-refractivity contribution < 1.29 is 4.74 Å². The highest BCUT2D eigenvalue weighted by Crippen LogP contribution is 2.35. The zero-order valence-corrected chi connectivity index (χ0v) is 7.75. The highest BCUT2D eigenvalue weighted by Gasteiger charge is 2.45. The topological polar surface area (TPSA) is 38.5 Å². The lowest BCUT2D eigenvalue weighted by molar-refractivity contribution is -0.170. The molecule has 0 aromatic heterocycles. The van der Waals surface area contributed by atoms with Gasteiger partial charge in [0.1, 0.15) is 0 Å². The Kier molecular flexibility index (Phi) is 2.10. The van der Waals surface area contributed by atoms with Gasteiger partial charge >= 0.3 is 0 Å². The highest BCUT2D eigenvalue weighted by molar-refractivity contribution is 4.99. The van der Waals surface area contributed by atoms with E-state index < -0.39 is 0 Å². The Hall–Kier alpha value is -0.120. The minimum absolute atomic E-state index is 0.192. The van der Waals surface area contributed by atoms with Crippen LogP contribution in [0.1, 0.15) is 12.8 Å². The van der Waals surface area contributed by atoms with E-state index in [0.29, 0.717) is 5.92 Å². The van der Waals surface area contributed by atoms with E-state index in [2.05, 4.69) is 11.9 Å². The number of hydrogen-bond acceptors (Lipinski definition) is 3. The lowest BCUT2D eigenvalue weighted by atomic mass is 9.81. The minimum Gasteiger partial charge on any atom is -0.372 e. The molecule has 2 rings (SSSR count). The Morgan fingerprint density at radius 2 is 2.33 bits per heavy atom. The second-order valence-corrected chi connectivity index (χ2v) is 4.30. The minimum atomic E-state index is 0.192. The average molecular weight is 170 g/mol. The molecule has 0 bridgehead atoms. The van der Waals surface area contributed by atoms with E-state index in [1.54, 1.807) is 0 Å². The Balaban J connectivity index is 1.91. The van der Waals surface area contributed by atoms with Crippen LogP contribution in [0.3, 0.4) is 0 Å². The Morgan fingerprint density at radius 3 is 2.92 bits per heavy atom. The quantitative estimate of drug-likeness (QED) is 0.604. The van der Waals surface area contributed by atoms with Crippen molar-refractivity contribution in [3.8, 4) is 0 Å². The molecule has 1 spiro atoms. The zero-order chi connectivity index (χ0) is 8.60. The Bertz CT molecular complexity index is 160. The average Bonchev–Trinajstić information content (AvgIpc) is 2.02. The van der Waals surface area contributed by atoms with Gasteiger partial charge in [-0.1, -0.05) is 0 Å². The lowest BCUT2D eigenvalue weighted by Crippen LogP contribution is -2.64. The summed E-state index contributed by atoms with van der Waals surface area (Å²) in [4.78, 5) is 2.30. The molecule has 1 unspecified atom stereocenters. The van der Waals surface area contributed by atoms with E-state index in [1.807, 2.05) is 0 Å². The molecule has 2 heterocycles. The zero-order valence-electron chi connectivity index (χ0n) is 7.75. The number of nitrogens with two attached hydrogens (primary N) is 1. The summed E-state index contributed by atoms with van der Waals surface area (Å²) in [6.45, 7) is 3.94. The van der Waals surface area contributed by atoms with Crippen molar-refractivity contribution in [3.05, 3.63) is 0 Å². The van der Waals surface area contributed by atoms with Crippen LogP contribution in [0, 0.1) is 5.92 Å². The molecular formula is C9H18N2O. The van der Waals surface area contributed by atoms with Crippen LogP contribution < -0.4 is 5.73 Å². The molecule has 3 nitrogen and oxygen atoms in total. The molecule has 1 atom stereocenters. The summed E-state index contributed by atoms with van der Waals surface area (Å²) in [5, 5.41) is 0. The second-order valence-electron chi connectivity index (χ2n) is 4.30. The molecule has 3 heteroatoms. The van der Waals surface area contributed by atoms with Gasteiger partial charge in [0.05, 0.1) is 5.60 Å². The van der Waals surface area contributed by atoms with E-state index in [9.17, 15) is 0 Å². The maximum Gasteiger partial charge on any atom is 0.0937 e. The lowest BCUT2D eigenvalue weighted by Gasteiger charge is -2.52. The molecule has 0 aromatic carbocycles. The molecule has 12 heavy (non-hydrogen) atoms. The third-order valence-corrected chi connectivity index (χ3v) is 3.04. The summed E-state index contributed by atoms with van der Waals surface area (Å²) in [5.74, 6) is 0.701. The van der Waals surface area contributed by atoms with Gasteiger partial charge < -0.3 is 15.4 Å². The first-order chi connectivity index (χ1) is 5.74. The van der Waals surface area contributed by atoms with Crippen molar-refractivity contribution >= 4 is 0 Å². The largest absolute Gasteiger partial charge is 0.372 e. The third-order valence-electron chi connectivity index (χ3n) is 3.04. The van der Waals surface area contributed by atoms with Crippen molar-refractivity contribution in [2.45, 2.75) is 18.4 Å². The van der Waals surface area contributed by atoms with Gasteiger partial charge in [-0.25, -0.2) is 0 Å². The van der Waals surface area contributed by atoms with Crippen LogP contribution >= 0.6 is 0 Å². The fraction of sp³-hybridized carbons (Fsp3) is 1.00. The molecule has 0 radical (unpaired) electrons. The summed E-state index contributed by atoms with van der Waals surface area (Å²) in [6.07, 6.45) is 2.33. The molecule has 2 fully saturated rings. The van der Waals surface area contributed by atoms with Crippen LogP contribution in [0.4, 0.5) is 0 Å². The monoisotopic (exact) mass is 170 g/mol. The van der Waals surface area contributed by atoms with Gasteiger partial charge in [-0.2, -0.15) is 0 Å². The van der Waals surface area contributed by atoms with E-state index in [4.69, 9.17) is 10.5 Å². The predicted octanol–water partition coefficient (Wildman–Crippen LogP) is 0.0559. The molecule has 2 aliphatic heterocycles. The van der Waals surface area contributed by atoms with Crippen LogP contribution in [0.25, 0.3) is 0 Å². The summed E-state index contributed by atoms with van der Waals surface area (Å²) in [7, 11) is 2.14. The molecule has 70 valence electrons. The fourth-order valence-electron chi connectivity index (χ4n) is 2.49. The predicted molar refractivity (Wildman–Crippen MR) is 48.0 cm³/mol. The number of nitrogens with zero attached hydrogens (tertiary/aromatic N) is 1. The fourth-order valence-corrected chi connectivity index (χ4v) is 2.49. The Morgan fingerprint density at radius 1 is 1.58 bits per heavy atom. The first-order valence-electron chi connectivity index (χ1n) is 4.77. The second kappa shape index (κ2) is 2.98. The SMILES string of the molecule is CN1CC2(CC(CN)CCO2)C1. The van der Waals surface area contributed by atoms with Gasteiger partial charge in [-0.05, 0) is 32.4 Å². The summed E-state index contributed by atoms with van der Waals surface area (Å²) < 4.78 is 5.81. The molecule has 2 aliphatic rings. The maximum atomic E-state index is 5.81. The highest BCUT2D eigenvalue weighted by atomic mass is 16.5. The summed E-state index contributed by atoms with van der Waals surface area (Å²) >= 11 is 0. The summed E-state index contributed by atoms with van der Waals surface area (Å²) in [5.41, 5.74) is 5.86. The van der Waals surface area contributed by atoms with Gasteiger partial charge in [0.15, 0.2) is 0 Å². The molecule has 0 aliphatic carbocycles. The van der Waals surface area contributed by atoms with E-state index >= 15 is 0 Å². The normalized spacial score (nSPS) is 35.0. The van der Waals surface area contributed by atoms with Gasteiger partial charge in [0.2, 0.25) is 0 Å². The number of ether oxygens (including phenoxy) is 1.